The smallest absolute Gasteiger partial charge is 0.166 e. The summed E-state index contributed by atoms with van der Waals surface area (Å²) >= 11 is 5.05. The Morgan fingerprint density at radius 1 is 1.55 bits per heavy atom. The summed E-state index contributed by atoms with van der Waals surface area (Å²) in [6, 6.07) is 0. The standard InChI is InChI=1S/C8H16N2S/c1-3-8(5-4-6-8)10-7(11)9-2/h3-6H2,1-2H3,(H2,9,10,11). The highest BCUT2D eigenvalue weighted by Gasteiger charge is 2.35. The molecule has 0 atom stereocenters. The molecule has 0 aromatic heterocycles. The highest BCUT2D eigenvalue weighted by atomic mass is 32.1. The normalized spacial score (nSPS) is 20.2. The van der Waals surface area contributed by atoms with Crippen molar-refractivity contribution in [2.45, 2.75) is 38.1 Å². The Kier molecular flexibility index (Phi) is 2.71. The molecule has 0 amide bonds. The minimum Gasteiger partial charge on any atom is -0.366 e. The van der Waals surface area contributed by atoms with E-state index in [0.29, 0.717) is 5.54 Å². The molecule has 0 spiro atoms. The van der Waals surface area contributed by atoms with Crippen molar-refractivity contribution in [2.24, 2.45) is 0 Å². The predicted molar refractivity (Wildman–Crippen MR) is 51.7 cm³/mol. The molecule has 1 fully saturated rings. The molecule has 0 heterocycles. The first-order chi connectivity index (χ1) is 5.22. The van der Waals surface area contributed by atoms with Gasteiger partial charge in [-0.3, -0.25) is 0 Å². The van der Waals surface area contributed by atoms with Gasteiger partial charge in [0, 0.05) is 12.6 Å². The van der Waals surface area contributed by atoms with Crippen LogP contribution < -0.4 is 10.6 Å². The van der Waals surface area contributed by atoms with E-state index in [2.05, 4.69) is 17.6 Å². The zero-order valence-electron chi connectivity index (χ0n) is 7.24. The fourth-order valence-electron chi connectivity index (χ4n) is 1.47. The summed E-state index contributed by atoms with van der Waals surface area (Å²) in [5.74, 6) is 0. The highest BCUT2D eigenvalue weighted by molar-refractivity contribution is 7.80. The van der Waals surface area contributed by atoms with Gasteiger partial charge in [0.25, 0.3) is 0 Å². The highest BCUT2D eigenvalue weighted by Crippen LogP contribution is 2.34. The van der Waals surface area contributed by atoms with Crippen LogP contribution in [-0.2, 0) is 0 Å². The quantitative estimate of drug-likeness (QED) is 0.616. The molecule has 1 rings (SSSR count). The molecule has 0 radical (unpaired) electrons. The van der Waals surface area contributed by atoms with Crippen LogP contribution in [0.3, 0.4) is 0 Å². The van der Waals surface area contributed by atoms with Crippen LogP contribution in [-0.4, -0.2) is 17.7 Å². The van der Waals surface area contributed by atoms with Crippen molar-refractivity contribution in [2.75, 3.05) is 7.05 Å². The van der Waals surface area contributed by atoms with Crippen LogP contribution in [0.4, 0.5) is 0 Å². The van der Waals surface area contributed by atoms with E-state index in [1.54, 1.807) is 0 Å². The third-order valence-electron chi connectivity index (χ3n) is 2.59. The molecule has 64 valence electrons. The maximum atomic E-state index is 5.05. The second-order valence-corrected chi connectivity index (χ2v) is 3.60. The summed E-state index contributed by atoms with van der Waals surface area (Å²) in [4.78, 5) is 0. The van der Waals surface area contributed by atoms with Crippen molar-refractivity contribution in [1.82, 2.24) is 10.6 Å². The van der Waals surface area contributed by atoms with Crippen LogP contribution in [0, 0.1) is 0 Å². The van der Waals surface area contributed by atoms with Gasteiger partial charge in [0.1, 0.15) is 0 Å². The van der Waals surface area contributed by atoms with Crippen LogP contribution >= 0.6 is 12.2 Å². The van der Waals surface area contributed by atoms with E-state index in [4.69, 9.17) is 12.2 Å². The van der Waals surface area contributed by atoms with Crippen LogP contribution in [0.1, 0.15) is 32.6 Å². The Morgan fingerprint density at radius 2 is 2.18 bits per heavy atom. The Labute approximate surface area is 73.7 Å². The lowest BCUT2D eigenvalue weighted by Crippen LogP contribution is -2.55. The van der Waals surface area contributed by atoms with Crippen molar-refractivity contribution >= 4 is 17.3 Å². The van der Waals surface area contributed by atoms with Gasteiger partial charge in [0.15, 0.2) is 5.11 Å². The average molecular weight is 172 g/mol. The molecule has 1 saturated carbocycles. The molecule has 0 bridgehead atoms. The summed E-state index contributed by atoms with van der Waals surface area (Å²) in [6.45, 7) is 2.21. The molecule has 1 aliphatic rings. The summed E-state index contributed by atoms with van der Waals surface area (Å²) in [6.07, 6.45) is 5.05. The third-order valence-corrected chi connectivity index (χ3v) is 2.90. The lowest BCUT2D eigenvalue weighted by atomic mass is 9.75. The zero-order valence-corrected chi connectivity index (χ0v) is 8.05. The molecule has 0 aromatic carbocycles. The van der Waals surface area contributed by atoms with Crippen molar-refractivity contribution in [3.63, 3.8) is 0 Å². The van der Waals surface area contributed by atoms with E-state index in [0.717, 1.165) is 5.11 Å². The summed E-state index contributed by atoms with van der Waals surface area (Å²) in [7, 11) is 1.86. The zero-order chi connectivity index (χ0) is 8.32. The topological polar surface area (TPSA) is 24.1 Å². The van der Waals surface area contributed by atoms with Gasteiger partial charge in [-0.25, -0.2) is 0 Å². The molecule has 0 aliphatic heterocycles. The lowest BCUT2D eigenvalue weighted by molar-refractivity contribution is 0.209. The van der Waals surface area contributed by atoms with Gasteiger partial charge in [-0.1, -0.05) is 6.92 Å². The average Bonchev–Trinajstić information content (AvgIpc) is 1.96. The molecule has 0 unspecified atom stereocenters. The third kappa shape index (κ3) is 1.83. The van der Waals surface area contributed by atoms with E-state index in [1.165, 1.54) is 25.7 Å². The van der Waals surface area contributed by atoms with Crippen LogP contribution in [0.25, 0.3) is 0 Å². The Morgan fingerprint density at radius 3 is 2.45 bits per heavy atom. The van der Waals surface area contributed by atoms with Crippen molar-refractivity contribution in [3.05, 3.63) is 0 Å². The fourth-order valence-corrected chi connectivity index (χ4v) is 1.69. The van der Waals surface area contributed by atoms with Crippen LogP contribution in [0.2, 0.25) is 0 Å². The van der Waals surface area contributed by atoms with Gasteiger partial charge in [0.05, 0.1) is 0 Å². The van der Waals surface area contributed by atoms with Gasteiger partial charge in [-0.2, -0.15) is 0 Å². The molecule has 1 aliphatic carbocycles. The van der Waals surface area contributed by atoms with Gasteiger partial charge < -0.3 is 10.6 Å². The number of nitrogens with one attached hydrogen (secondary N) is 2. The van der Waals surface area contributed by atoms with E-state index < -0.39 is 0 Å². The molecule has 2 nitrogen and oxygen atoms in total. The number of rotatable bonds is 2. The molecular formula is C8H16N2S. The van der Waals surface area contributed by atoms with E-state index >= 15 is 0 Å². The van der Waals surface area contributed by atoms with Gasteiger partial charge in [-0.05, 0) is 37.9 Å². The van der Waals surface area contributed by atoms with E-state index in [9.17, 15) is 0 Å². The molecule has 3 heteroatoms. The molecule has 0 aromatic rings. The van der Waals surface area contributed by atoms with Gasteiger partial charge in [-0.15, -0.1) is 0 Å². The fraction of sp³-hybridized carbons (Fsp3) is 0.875. The Hall–Kier alpha value is -0.310. The summed E-state index contributed by atoms with van der Waals surface area (Å²) < 4.78 is 0. The summed E-state index contributed by atoms with van der Waals surface area (Å²) in [5, 5.41) is 7.08. The van der Waals surface area contributed by atoms with Crippen molar-refractivity contribution in [3.8, 4) is 0 Å². The minimum atomic E-state index is 0.333. The SMILES string of the molecule is CCC1(NC(=S)NC)CCC1. The van der Waals surface area contributed by atoms with Gasteiger partial charge >= 0.3 is 0 Å². The first kappa shape index (κ1) is 8.78. The summed E-state index contributed by atoms with van der Waals surface area (Å²) in [5.41, 5.74) is 0.333. The lowest BCUT2D eigenvalue weighted by Gasteiger charge is -2.42. The monoisotopic (exact) mass is 172 g/mol. The largest absolute Gasteiger partial charge is 0.366 e. The maximum Gasteiger partial charge on any atom is 0.166 e. The Bertz CT molecular complexity index is 147. The second-order valence-electron chi connectivity index (χ2n) is 3.19. The van der Waals surface area contributed by atoms with Crippen LogP contribution in [0.15, 0.2) is 0 Å². The molecule has 11 heavy (non-hydrogen) atoms. The maximum absolute atomic E-state index is 5.05. The van der Waals surface area contributed by atoms with Crippen LogP contribution in [0.5, 0.6) is 0 Å². The number of hydrogen-bond acceptors (Lipinski definition) is 1. The van der Waals surface area contributed by atoms with Gasteiger partial charge in [0.2, 0.25) is 0 Å². The van der Waals surface area contributed by atoms with Crippen molar-refractivity contribution < 1.29 is 0 Å². The second kappa shape index (κ2) is 3.39. The molecule has 0 saturated heterocycles. The first-order valence-corrected chi connectivity index (χ1v) is 4.63. The van der Waals surface area contributed by atoms with Crippen molar-refractivity contribution in [1.29, 1.82) is 0 Å². The van der Waals surface area contributed by atoms with E-state index in [-0.39, 0.29) is 0 Å². The first-order valence-electron chi connectivity index (χ1n) is 4.22. The minimum absolute atomic E-state index is 0.333. The predicted octanol–water partition coefficient (Wildman–Crippen LogP) is 1.41. The molecule has 2 N–H and O–H groups in total. The molecular weight excluding hydrogens is 156 g/mol. The number of hydrogen-bond donors (Lipinski definition) is 2. The Balaban J connectivity index is 2.38. The number of thiocarbonyl (C=S) groups is 1. The van der Waals surface area contributed by atoms with E-state index in [1.807, 2.05) is 7.05 Å².